The van der Waals surface area contributed by atoms with Gasteiger partial charge >= 0.3 is 0 Å². The van der Waals surface area contributed by atoms with Gasteiger partial charge in [-0.05, 0) is 50.6 Å². The van der Waals surface area contributed by atoms with E-state index in [0.29, 0.717) is 5.92 Å². The van der Waals surface area contributed by atoms with Crippen molar-refractivity contribution in [3.05, 3.63) is 66.2 Å². The van der Waals surface area contributed by atoms with Crippen molar-refractivity contribution in [3.63, 3.8) is 0 Å². The van der Waals surface area contributed by atoms with Gasteiger partial charge < -0.3 is 13.9 Å². The van der Waals surface area contributed by atoms with Crippen LogP contribution in [0.15, 0.2) is 55.0 Å². The van der Waals surface area contributed by atoms with E-state index in [0.717, 1.165) is 63.9 Å². The fourth-order valence-corrected chi connectivity index (χ4v) is 4.99. The van der Waals surface area contributed by atoms with Crippen molar-refractivity contribution in [3.8, 4) is 5.75 Å². The van der Waals surface area contributed by atoms with Gasteiger partial charge in [-0.3, -0.25) is 14.8 Å². The highest BCUT2D eigenvalue weighted by Gasteiger charge is 2.22. The number of aromatic nitrogens is 2. The summed E-state index contributed by atoms with van der Waals surface area (Å²) in [5, 5.41) is 0. The van der Waals surface area contributed by atoms with Gasteiger partial charge in [0.1, 0.15) is 12.4 Å². The zero-order valence-electron chi connectivity index (χ0n) is 18.9. The Hall–Kier alpha value is -2.41. The van der Waals surface area contributed by atoms with E-state index in [4.69, 9.17) is 9.47 Å². The van der Waals surface area contributed by atoms with Crippen LogP contribution in [0.2, 0.25) is 0 Å². The van der Waals surface area contributed by atoms with Gasteiger partial charge in [0.2, 0.25) is 0 Å². The molecule has 2 aromatic heterocycles. The molecular formula is C26H34N4O2. The second-order valence-electron chi connectivity index (χ2n) is 9.06. The lowest BCUT2D eigenvalue weighted by molar-refractivity contribution is 0.121. The van der Waals surface area contributed by atoms with Crippen molar-refractivity contribution in [2.45, 2.75) is 25.8 Å². The Bertz CT molecular complexity index is 998. The molecule has 2 saturated heterocycles. The molecule has 6 heteroatoms. The minimum atomic E-state index is 0.425. The maximum absolute atomic E-state index is 6.22. The van der Waals surface area contributed by atoms with Crippen LogP contribution >= 0.6 is 0 Å². The molecule has 2 fully saturated rings. The van der Waals surface area contributed by atoms with Crippen LogP contribution in [0.1, 0.15) is 24.1 Å². The molecule has 5 rings (SSSR count). The molecule has 0 unspecified atom stereocenters. The van der Waals surface area contributed by atoms with Crippen LogP contribution < -0.4 is 4.74 Å². The summed E-state index contributed by atoms with van der Waals surface area (Å²) in [5.74, 6) is 1.45. The Morgan fingerprint density at radius 2 is 1.91 bits per heavy atom. The van der Waals surface area contributed by atoms with Crippen LogP contribution in [0.4, 0.5) is 0 Å². The lowest BCUT2D eigenvalue weighted by Gasteiger charge is -2.24. The Morgan fingerprint density at radius 3 is 2.84 bits per heavy atom. The van der Waals surface area contributed by atoms with Crippen molar-refractivity contribution in [2.75, 3.05) is 52.5 Å². The van der Waals surface area contributed by atoms with E-state index in [1.165, 1.54) is 37.0 Å². The SMILES string of the molecule is c1ccc(OCCN2CCCC2)c(CN2CCOC[C@@H](Cc3nccn4cccc34)C2)c1. The zero-order chi connectivity index (χ0) is 21.6. The van der Waals surface area contributed by atoms with Gasteiger partial charge in [0.05, 0.1) is 24.4 Å². The number of benzene rings is 1. The number of likely N-dealkylation sites (tertiary alicyclic amines) is 1. The van der Waals surface area contributed by atoms with E-state index in [1.807, 2.05) is 12.4 Å². The van der Waals surface area contributed by atoms with Gasteiger partial charge in [0.25, 0.3) is 0 Å². The molecular weight excluding hydrogens is 400 g/mol. The normalized spacial score (nSPS) is 20.6. The van der Waals surface area contributed by atoms with Crippen LogP contribution in [-0.4, -0.2) is 71.7 Å². The summed E-state index contributed by atoms with van der Waals surface area (Å²) in [6.07, 6.45) is 9.56. The van der Waals surface area contributed by atoms with Crippen molar-refractivity contribution in [1.29, 1.82) is 0 Å². The summed E-state index contributed by atoms with van der Waals surface area (Å²) in [7, 11) is 0. The zero-order valence-corrected chi connectivity index (χ0v) is 18.9. The third-order valence-electron chi connectivity index (χ3n) is 6.67. The summed E-state index contributed by atoms with van der Waals surface area (Å²) in [4.78, 5) is 9.69. The van der Waals surface area contributed by atoms with Gasteiger partial charge in [-0.1, -0.05) is 18.2 Å². The molecule has 170 valence electrons. The second-order valence-corrected chi connectivity index (χ2v) is 9.06. The first-order valence-electron chi connectivity index (χ1n) is 12.0. The summed E-state index contributed by atoms with van der Waals surface area (Å²) < 4.78 is 14.3. The molecule has 6 nitrogen and oxygen atoms in total. The molecule has 32 heavy (non-hydrogen) atoms. The van der Waals surface area contributed by atoms with Crippen LogP contribution in [0, 0.1) is 5.92 Å². The molecule has 1 aromatic carbocycles. The molecule has 1 atom stereocenters. The largest absolute Gasteiger partial charge is 0.492 e. The van der Waals surface area contributed by atoms with Crippen LogP contribution in [-0.2, 0) is 17.7 Å². The van der Waals surface area contributed by atoms with E-state index in [2.05, 4.69) is 61.8 Å². The number of rotatable bonds is 8. The summed E-state index contributed by atoms with van der Waals surface area (Å²) >= 11 is 0. The fourth-order valence-electron chi connectivity index (χ4n) is 4.99. The number of nitrogens with zero attached hydrogens (tertiary/aromatic N) is 4. The highest BCUT2D eigenvalue weighted by Crippen LogP contribution is 2.23. The molecule has 3 aromatic rings. The van der Waals surface area contributed by atoms with Crippen LogP contribution in [0.3, 0.4) is 0 Å². The predicted octanol–water partition coefficient (Wildman–Crippen LogP) is 3.50. The number of hydrogen-bond donors (Lipinski definition) is 0. The standard InChI is InChI=1S/C26H34N4O2/c1-2-8-26(32-17-15-28-10-3-4-11-28)23(6-1)20-29-14-16-31-21-22(19-29)18-24-25-7-5-12-30(25)13-9-27-24/h1-2,5-9,12-13,22H,3-4,10-11,14-21H2/t22-/m0/s1. The molecule has 0 N–H and O–H groups in total. The minimum absolute atomic E-state index is 0.425. The maximum Gasteiger partial charge on any atom is 0.123 e. The minimum Gasteiger partial charge on any atom is -0.492 e. The molecule has 0 spiro atoms. The summed E-state index contributed by atoms with van der Waals surface area (Å²) in [6.45, 7) is 8.61. The summed E-state index contributed by atoms with van der Waals surface area (Å²) in [6, 6.07) is 12.7. The van der Waals surface area contributed by atoms with Crippen molar-refractivity contribution >= 4 is 5.52 Å². The fraction of sp³-hybridized carbons (Fsp3) is 0.500. The quantitative estimate of drug-likeness (QED) is 0.543. The Balaban J connectivity index is 1.21. The molecule has 0 aliphatic carbocycles. The smallest absolute Gasteiger partial charge is 0.123 e. The van der Waals surface area contributed by atoms with Gasteiger partial charge in [0, 0.05) is 56.3 Å². The van der Waals surface area contributed by atoms with Crippen molar-refractivity contribution < 1.29 is 9.47 Å². The van der Waals surface area contributed by atoms with E-state index >= 15 is 0 Å². The van der Waals surface area contributed by atoms with E-state index in [9.17, 15) is 0 Å². The molecule has 0 amide bonds. The Labute approximate surface area is 190 Å². The first-order valence-corrected chi connectivity index (χ1v) is 12.0. The maximum atomic E-state index is 6.22. The number of fused-ring (bicyclic) bond motifs is 1. The molecule has 0 bridgehead atoms. The van der Waals surface area contributed by atoms with Gasteiger partial charge in [-0.25, -0.2) is 0 Å². The first kappa shape index (κ1) is 21.4. The van der Waals surface area contributed by atoms with Gasteiger partial charge in [-0.2, -0.15) is 0 Å². The predicted molar refractivity (Wildman–Crippen MR) is 126 cm³/mol. The Morgan fingerprint density at radius 1 is 1.00 bits per heavy atom. The Kier molecular flexibility index (Phi) is 7.01. The molecule has 0 radical (unpaired) electrons. The van der Waals surface area contributed by atoms with Crippen LogP contribution in [0.5, 0.6) is 5.75 Å². The second kappa shape index (κ2) is 10.5. The van der Waals surface area contributed by atoms with Gasteiger partial charge in [0.15, 0.2) is 0 Å². The van der Waals surface area contributed by atoms with E-state index in [1.54, 1.807) is 0 Å². The summed E-state index contributed by atoms with van der Waals surface area (Å²) in [5.41, 5.74) is 3.61. The lowest BCUT2D eigenvalue weighted by Crippen LogP contribution is -2.31. The number of ether oxygens (including phenoxy) is 2. The molecule has 4 heterocycles. The highest BCUT2D eigenvalue weighted by molar-refractivity contribution is 5.52. The topological polar surface area (TPSA) is 42.2 Å². The lowest BCUT2D eigenvalue weighted by atomic mass is 10.0. The van der Waals surface area contributed by atoms with Crippen LogP contribution in [0.25, 0.3) is 5.52 Å². The van der Waals surface area contributed by atoms with Crippen molar-refractivity contribution in [1.82, 2.24) is 19.2 Å². The first-order chi connectivity index (χ1) is 15.8. The molecule has 2 aliphatic heterocycles. The number of para-hydroxylation sites is 1. The average molecular weight is 435 g/mol. The average Bonchev–Trinajstić information content (AvgIpc) is 3.46. The molecule has 0 saturated carbocycles. The van der Waals surface area contributed by atoms with E-state index < -0.39 is 0 Å². The number of hydrogen-bond acceptors (Lipinski definition) is 5. The van der Waals surface area contributed by atoms with Gasteiger partial charge in [-0.15, -0.1) is 0 Å². The van der Waals surface area contributed by atoms with E-state index in [-0.39, 0.29) is 0 Å². The monoisotopic (exact) mass is 434 g/mol. The third kappa shape index (κ3) is 5.31. The molecule has 2 aliphatic rings. The van der Waals surface area contributed by atoms with Crippen molar-refractivity contribution in [2.24, 2.45) is 5.92 Å². The third-order valence-corrected chi connectivity index (χ3v) is 6.67. The highest BCUT2D eigenvalue weighted by atomic mass is 16.5.